The van der Waals surface area contributed by atoms with Gasteiger partial charge in [-0.1, -0.05) is 13.3 Å². The SMILES string of the molecule is CCCC(CCO)CNC(=O)C(N)c1cnn(C)c1. The lowest BCUT2D eigenvalue weighted by atomic mass is 10.00. The average molecular weight is 268 g/mol. The molecule has 0 fully saturated rings. The van der Waals surface area contributed by atoms with E-state index in [1.807, 2.05) is 0 Å². The summed E-state index contributed by atoms with van der Waals surface area (Å²) in [4.78, 5) is 11.9. The van der Waals surface area contributed by atoms with E-state index in [9.17, 15) is 4.79 Å². The lowest BCUT2D eigenvalue weighted by molar-refractivity contribution is -0.122. The van der Waals surface area contributed by atoms with Crippen LogP contribution in [0.3, 0.4) is 0 Å². The van der Waals surface area contributed by atoms with Crippen molar-refractivity contribution in [3.05, 3.63) is 18.0 Å². The van der Waals surface area contributed by atoms with Gasteiger partial charge in [-0.05, 0) is 18.8 Å². The summed E-state index contributed by atoms with van der Waals surface area (Å²) < 4.78 is 1.62. The first-order chi connectivity index (χ1) is 9.08. The van der Waals surface area contributed by atoms with Gasteiger partial charge in [0.2, 0.25) is 5.91 Å². The lowest BCUT2D eigenvalue weighted by Gasteiger charge is -2.17. The third kappa shape index (κ3) is 5.00. The number of nitrogens with zero attached hydrogens (tertiary/aromatic N) is 2. The Kier molecular flexibility index (Phi) is 6.52. The highest BCUT2D eigenvalue weighted by molar-refractivity contribution is 5.82. The van der Waals surface area contributed by atoms with E-state index in [1.54, 1.807) is 24.1 Å². The maximum atomic E-state index is 11.9. The maximum absolute atomic E-state index is 11.9. The van der Waals surface area contributed by atoms with Crippen LogP contribution in [0, 0.1) is 5.92 Å². The van der Waals surface area contributed by atoms with E-state index < -0.39 is 6.04 Å². The van der Waals surface area contributed by atoms with Crippen molar-refractivity contribution in [3.63, 3.8) is 0 Å². The minimum absolute atomic E-state index is 0.148. The molecule has 0 saturated carbocycles. The van der Waals surface area contributed by atoms with Gasteiger partial charge >= 0.3 is 0 Å². The number of nitrogens with one attached hydrogen (secondary N) is 1. The van der Waals surface area contributed by atoms with Gasteiger partial charge in [0.25, 0.3) is 0 Å². The lowest BCUT2D eigenvalue weighted by Crippen LogP contribution is -2.37. The second kappa shape index (κ2) is 7.91. The minimum atomic E-state index is -0.690. The molecule has 0 aliphatic heterocycles. The number of nitrogens with two attached hydrogens (primary N) is 1. The van der Waals surface area contributed by atoms with Crippen molar-refractivity contribution in [3.8, 4) is 0 Å². The fourth-order valence-electron chi connectivity index (χ4n) is 2.05. The van der Waals surface area contributed by atoms with Crippen molar-refractivity contribution in [1.82, 2.24) is 15.1 Å². The van der Waals surface area contributed by atoms with Gasteiger partial charge in [0.1, 0.15) is 6.04 Å². The van der Waals surface area contributed by atoms with Crippen LogP contribution in [0.25, 0.3) is 0 Å². The predicted molar refractivity (Wildman–Crippen MR) is 73.2 cm³/mol. The van der Waals surface area contributed by atoms with E-state index in [2.05, 4.69) is 17.3 Å². The van der Waals surface area contributed by atoms with Crippen LogP contribution < -0.4 is 11.1 Å². The number of hydrogen-bond acceptors (Lipinski definition) is 4. The Bertz CT molecular complexity index is 386. The van der Waals surface area contributed by atoms with Crippen molar-refractivity contribution >= 4 is 5.91 Å². The molecule has 2 atom stereocenters. The van der Waals surface area contributed by atoms with Crippen molar-refractivity contribution in [2.24, 2.45) is 18.7 Å². The highest BCUT2D eigenvalue weighted by atomic mass is 16.3. The molecule has 1 aromatic heterocycles. The van der Waals surface area contributed by atoms with Crippen LogP contribution in [0.4, 0.5) is 0 Å². The Morgan fingerprint density at radius 3 is 2.84 bits per heavy atom. The number of carbonyl (C=O) groups excluding carboxylic acids is 1. The summed E-state index contributed by atoms with van der Waals surface area (Å²) in [5, 5.41) is 15.8. The smallest absolute Gasteiger partial charge is 0.241 e. The van der Waals surface area contributed by atoms with Crippen molar-refractivity contribution in [1.29, 1.82) is 0 Å². The number of carbonyl (C=O) groups is 1. The van der Waals surface area contributed by atoms with Crippen LogP contribution in [0.5, 0.6) is 0 Å². The second-order valence-corrected chi connectivity index (χ2v) is 4.84. The molecule has 0 bridgehead atoms. The van der Waals surface area contributed by atoms with E-state index in [0.29, 0.717) is 24.4 Å². The largest absolute Gasteiger partial charge is 0.396 e. The second-order valence-electron chi connectivity index (χ2n) is 4.84. The summed E-state index contributed by atoms with van der Waals surface area (Å²) in [6, 6.07) is -0.690. The Balaban J connectivity index is 2.45. The monoisotopic (exact) mass is 268 g/mol. The van der Waals surface area contributed by atoms with Crippen LogP contribution in [-0.2, 0) is 11.8 Å². The van der Waals surface area contributed by atoms with Gasteiger partial charge in [0.05, 0.1) is 6.20 Å². The summed E-state index contributed by atoms with van der Waals surface area (Å²) in [5.41, 5.74) is 6.57. The van der Waals surface area contributed by atoms with Crippen LogP contribution in [0.1, 0.15) is 37.8 Å². The molecule has 4 N–H and O–H groups in total. The number of aliphatic hydroxyl groups excluding tert-OH is 1. The van der Waals surface area contributed by atoms with Gasteiger partial charge in [-0.2, -0.15) is 5.10 Å². The fourth-order valence-corrected chi connectivity index (χ4v) is 2.05. The summed E-state index contributed by atoms with van der Waals surface area (Å²) in [7, 11) is 1.78. The van der Waals surface area contributed by atoms with Crippen LogP contribution in [-0.4, -0.2) is 33.9 Å². The zero-order chi connectivity index (χ0) is 14.3. The molecule has 19 heavy (non-hydrogen) atoms. The zero-order valence-electron chi connectivity index (χ0n) is 11.7. The topological polar surface area (TPSA) is 93.2 Å². The molecule has 0 aromatic carbocycles. The summed E-state index contributed by atoms with van der Waals surface area (Å²) in [6.45, 7) is 2.80. The highest BCUT2D eigenvalue weighted by Gasteiger charge is 2.18. The van der Waals surface area contributed by atoms with Crippen molar-refractivity contribution in [2.45, 2.75) is 32.2 Å². The van der Waals surface area contributed by atoms with E-state index in [0.717, 1.165) is 12.8 Å². The first-order valence-electron chi connectivity index (χ1n) is 6.71. The third-order valence-electron chi connectivity index (χ3n) is 3.17. The molecule has 0 saturated heterocycles. The van der Waals surface area contributed by atoms with E-state index in [1.165, 1.54) is 0 Å². The molecular weight excluding hydrogens is 244 g/mol. The molecule has 0 spiro atoms. The van der Waals surface area contributed by atoms with E-state index in [-0.39, 0.29) is 12.5 Å². The van der Waals surface area contributed by atoms with Crippen molar-refractivity contribution in [2.75, 3.05) is 13.2 Å². The Labute approximate surface area is 114 Å². The molecule has 6 heteroatoms. The van der Waals surface area contributed by atoms with Gasteiger partial charge in [-0.15, -0.1) is 0 Å². The highest BCUT2D eigenvalue weighted by Crippen LogP contribution is 2.11. The Morgan fingerprint density at radius 1 is 1.58 bits per heavy atom. The Morgan fingerprint density at radius 2 is 2.32 bits per heavy atom. The van der Waals surface area contributed by atoms with Crippen LogP contribution in [0.15, 0.2) is 12.4 Å². The normalized spacial score (nSPS) is 14.1. The van der Waals surface area contributed by atoms with Crippen LogP contribution >= 0.6 is 0 Å². The number of hydrogen-bond donors (Lipinski definition) is 3. The number of aryl methyl sites for hydroxylation is 1. The molecule has 1 aromatic rings. The molecule has 1 rings (SSSR count). The van der Waals surface area contributed by atoms with Gasteiger partial charge in [0.15, 0.2) is 0 Å². The van der Waals surface area contributed by atoms with E-state index >= 15 is 0 Å². The van der Waals surface area contributed by atoms with Gasteiger partial charge < -0.3 is 16.2 Å². The number of aliphatic hydroxyl groups is 1. The maximum Gasteiger partial charge on any atom is 0.241 e. The average Bonchev–Trinajstić information content (AvgIpc) is 2.82. The quantitative estimate of drug-likeness (QED) is 0.633. The summed E-state index contributed by atoms with van der Waals surface area (Å²) in [6.07, 6.45) is 6.07. The number of rotatable bonds is 8. The minimum Gasteiger partial charge on any atom is -0.396 e. The van der Waals surface area contributed by atoms with Gasteiger partial charge in [0, 0.05) is 32.0 Å². The first-order valence-corrected chi connectivity index (χ1v) is 6.71. The standard InChI is InChI=1S/C13H24N4O2/c1-3-4-10(5-6-18)7-15-13(19)12(14)11-8-16-17(2)9-11/h8-10,12,18H,3-7,14H2,1-2H3,(H,15,19). The zero-order valence-corrected chi connectivity index (χ0v) is 11.7. The first kappa shape index (κ1) is 15.7. The Hall–Kier alpha value is -1.40. The molecule has 0 radical (unpaired) electrons. The molecule has 0 aliphatic rings. The molecule has 1 amide bonds. The molecular formula is C13H24N4O2. The molecule has 0 aliphatic carbocycles. The third-order valence-corrected chi connectivity index (χ3v) is 3.17. The number of aromatic nitrogens is 2. The number of amides is 1. The van der Waals surface area contributed by atoms with Gasteiger partial charge in [-0.25, -0.2) is 0 Å². The molecule has 108 valence electrons. The molecule has 2 unspecified atom stereocenters. The fraction of sp³-hybridized carbons (Fsp3) is 0.692. The van der Waals surface area contributed by atoms with Gasteiger partial charge in [-0.3, -0.25) is 9.48 Å². The predicted octanol–water partition coefficient (Wildman–Crippen LogP) is 0.335. The van der Waals surface area contributed by atoms with Crippen molar-refractivity contribution < 1.29 is 9.90 Å². The summed E-state index contributed by atoms with van der Waals surface area (Å²) in [5.74, 6) is 0.104. The molecule has 6 nitrogen and oxygen atoms in total. The van der Waals surface area contributed by atoms with E-state index in [4.69, 9.17) is 10.8 Å². The summed E-state index contributed by atoms with van der Waals surface area (Å²) >= 11 is 0. The van der Waals surface area contributed by atoms with Crippen LogP contribution in [0.2, 0.25) is 0 Å². The molecule has 1 heterocycles.